The van der Waals surface area contributed by atoms with Gasteiger partial charge in [0.1, 0.15) is 0 Å². The first-order valence-electron chi connectivity index (χ1n) is 9.52. The fraction of sp³-hybridized carbons (Fsp3) is 0.895. The fourth-order valence-electron chi connectivity index (χ4n) is 3.11. The Balaban J connectivity index is 2.18. The lowest BCUT2D eigenvalue weighted by Gasteiger charge is -2.26. The molecule has 134 valence electrons. The average molecular weight is 326 g/mol. The van der Waals surface area contributed by atoms with E-state index in [4.69, 9.17) is 9.47 Å². The maximum Gasteiger partial charge on any atom is 0.308 e. The van der Waals surface area contributed by atoms with Crippen LogP contribution in [0.5, 0.6) is 0 Å². The molecule has 2 unspecified atom stereocenters. The van der Waals surface area contributed by atoms with E-state index in [9.17, 15) is 9.59 Å². The van der Waals surface area contributed by atoms with Crippen molar-refractivity contribution in [1.29, 1.82) is 0 Å². The molecule has 0 aromatic heterocycles. The lowest BCUT2D eigenvalue weighted by molar-refractivity contribution is -0.155. The van der Waals surface area contributed by atoms with Crippen LogP contribution in [0.3, 0.4) is 0 Å². The molecular weight excluding hydrogens is 292 g/mol. The Bertz CT molecular complexity index is 340. The number of carbonyl (C=O) groups excluding carboxylic acids is 2. The topological polar surface area (TPSA) is 52.6 Å². The summed E-state index contributed by atoms with van der Waals surface area (Å²) in [7, 11) is 0. The monoisotopic (exact) mass is 326 g/mol. The molecule has 1 saturated carbocycles. The third kappa shape index (κ3) is 8.38. The second kappa shape index (κ2) is 12.4. The van der Waals surface area contributed by atoms with Crippen molar-refractivity contribution in [2.24, 2.45) is 11.8 Å². The van der Waals surface area contributed by atoms with Crippen LogP contribution in [-0.4, -0.2) is 25.2 Å². The summed E-state index contributed by atoms with van der Waals surface area (Å²) in [5, 5.41) is 0. The maximum atomic E-state index is 12.1. The Labute approximate surface area is 141 Å². The van der Waals surface area contributed by atoms with E-state index in [0.29, 0.717) is 19.6 Å². The van der Waals surface area contributed by atoms with E-state index >= 15 is 0 Å². The summed E-state index contributed by atoms with van der Waals surface area (Å²) in [5.41, 5.74) is 0. The highest BCUT2D eigenvalue weighted by Crippen LogP contribution is 2.30. The van der Waals surface area contributed by atoms with Crippen molar-refractivity contribution in [3.05, 3.63) is 0 Å². The van der Waals surface area contributed by atoms with E-state index in [1.54, 1.807) is 0 Å². The molecule has 4 heteroatoms. The van der Waals surface area contributed by atoms with Gasteiger partial charge in [-0.3, -0.25) is 9.59 Å². The molecule has 1 aliphatic carbocycles. The molecule has 4 nitrogen and oxygen atoms in total. The van der Waals surface area contributed by atoms with E-state index in [2.05, 4.69) is 6.92 Å². The molecule has 0 aromatic rings. The summed E-state index contributed by atoms with van der Waals surface area (Å²) in [6.45, 7) is 5.18. The third-order valence-corrected chi connectivity index (χ3v) is 4.53. The number of esters is 2. The van der Waals surface area contributed by atoms with Gasteiger partial charge in [-0.15, -0.1) is 0 Å². The predicted molar refractivity (Wildman–Crippen MR) is 91.0 cm³/mol. The molecule has 0 saturated heterocycles. The van der Waals surface area contributed by atoms with Gasteiger partial charge >= 0.3 is 11.9 Å². The van der Waals surface area contributed by atoms with Crippen LogP contribution in [0, 0.1) is 11.8 Å². The van der Waals surface area contributed by atoms with Gasteiger partial charge in [0.25, 0.3) is 0 Å². The molecule has 1 aliphatic rings. The standard InChI is InChI=1S/C19H34O4/c1-3-5-6-7-8-9-14-23-19(21)17-12-10-11-16(15-17)18(20)22-13-4-2/h16-17H,3-15H2,1-2H3. The van der Waals surface area contributed by atoms with Crippen molar-refractivity contribution in [1.82, 2.24) is 0 Å². The van der Waals surface area contributed by atoms with Crippen LogP contribution >= 0.6 is 0 Å². The Morgan fingerprint density at radius 1 is 0.783 bits per heavy atom. The molecular formula is C19H34O4. The van der Waals surface area contributed by atoms with Gasteiger partial charge in [0.15, 0.2) is 0 Å². The molecule has 0 spiro atoms. The second-order valence-electron chi connectivity index (χ2n) is 6.66. The lowest BCUT2D eigenvalue weighted by atomic mass is 9.81. The molecule has 0 heterocycles. The van der Waals surface area contributed by atoms with E-state index in [-0.39, 0.29) is 23.8 Å². The van der Waals surface area contributed by atoms with E-state index in [0.717, 1.165) is 38.5 Å². The highest BCUT2D eigenvalue weighted by atomic mass is 16.5. The minimum atomic E-state index is -0.139. The van der Waals surface area contributed by atoms with Gasteiger partial charge in [0, 0.05) is 0 Å². The van der Waals surface area contributed by atoms with E-state index < -0.39 is 0 Å². The van der Waals surface area contributed by atoms with Crippen molar-refractivity contribution in [3.63, 3.8) is 0 Å². The Kier molecular flexibility index (Phi) is 10.8. The summed E-state index contributed by atoms with van der Waals surface area (Å²) in [6, 6.07) is 0. The van der Waals surface area contributed by atoms with Crippen molar-refractivity contribution in [3.8, 4) is 0 Å². The number of unbranched alkanes of at least 4 members (excludes halogenated alkanes) is 5. The van der Waals surface area contributed by atoms with Crippen LogP contribution in [0.2, 0.25) is 0 Å². The first-order valence-corrected chi connectivity index (χ1v) is 9.52. The van der Waals surface area contributed by atoms with Gasteiger partial charge in [-0.25, -0.2) is 0 Å². The van der Waals surface area contributed by atoms with Crippen LogP contribution in [-0.2, 0) is 19.1 Å². The maximum absolute atomic E-state index is 12.1. The summed E-state index contributed by atoms with van der Waals surface area (Å²) < 4.78 is 10.6. The Morgan fingerprint density at radius 2 is 1.35 bits per heavy atom. The minimum absolute atomic E-state index is 0.119. The van der Waals surface area contributed by atoms with Crippen molar-refractivity contribution >= 4 is 11.9 Å². The highest BCUT2D eigenvalue weighted by Gasteiger charge is 2.32. The second-order valence-corrected chi connectivity index (χ2v) is 6.66. The van der Waals surface area contributed by atoms with Gasteiger partial charge in [-0.1, -0.05) is 52.4 Å². The third-order valence-electron chi connectivity index (χ3n) is 4.53. The molecule has 0 N–H and O–H groups in total. The molecule has 0 aromatic carbocycles. The van der Waals surface area contributed by atoms with E-state index in [1.807, 2.05) is 6.92 Å². The SMILES string of the molecule is CCCCCCCCOC(=O)C1CCCC(C(=O)OCCC)C1. The molecule has 23 heavy (non-hydrogen) atoms. The molecule has 0 bridgehead atoms. The Morgan fingerprint density at radius 3 is 1.96 bits per heavy atom. The fourth-order valence-corrected chi connectivity index (χ4v) is 3.11. The van der Waals surface area contributed by atoms with E-state index in [1.165, 1.54) is 25.7 Å². The summed E-state index contributed by atoms with van der Waals surface area (Å²) in [4.78, 5) is 24.1. The molecule has 2 atom stereocenters. The quantitative estimate of drug-likeness (QED) is 0.410. The van der Waals surface area contributed by atoms with Gasteiger partial charge < -0.3 is 9.47 Å². The van der Waals surface area contributed by atoms with Crippen LogP contribution in [0.1, 0.15) is 84.5 Å². The van der Waals surface area contributed by atoms with Crippen molar-refractivity contribution in [2.75, 3.05) is 13.2 Å². The first kappa shape index (κ1) is 20.0. The lowest BCUT2D eigenvalue weighted by Crippen LogP contribution is -2.30. The molecule has 1 rings (SSSR count). The molecule has 1 fully saturated rings. The van der Waals surface area contributed by atoms with Gasteiger partial charge in [0.05, 0.1) is 25.0 Å². The van der Waals surface area contributed by atoms with Gasteiger partial charge in [-0.2, -0.15) is 0 Å². The predicted octanol–water partition coefficient (Wildman–Crippen LogP) is 4.65. The zero-order valence-corrected chi connectivity index (χ0v) is 15.0. The van der Waals surface area contributed by atoms with Gasteiger partial charge in [0.2, 0.25) is 0 Å². The minimum Gasteiger partial charge on any atom is -0.465 e. The van der Waals surface area contributed by atoms with Crippen molar-refractivity contribution < 1.29 is 19.1 Å². The van der Waals surface area contributed by atoms with Crippen molar-refractivity contribution in [2.45, 2.75) is 84.5 Å². The number of hydrogen-bond donors (Lipinski definition) is 0. The summed E-state index contributed by atoms with van der Waals surface area (Å²) in [5.74, 6) is -0.503. The van der Waals surface area contributed by atoms with Crippen LogP contribution in [0.4, 0.5) is 0 Å². The average Bonchev–Trinajstić information content (AvgIpc) is 2.58. The van der Waals surface area contributed by atoms with Crippen LogP contribution in [0.25, 0.3) is 0 Å². The largest absolute Gasteiger partial charge is 0.465 e. The number of ether oxygens (including phenoxy) is 2. The van der Waals surface area contributed by atoms with Crippen LogP contribution in [0.15, 0.2) is 0 Å². The Hall–Kier alpha value is -1.06. The zero-order chi connectivity index (χ0) is 16.9. The van der Waals surface area contributed by atoms with Crippen LogP contribution < -0.4 is 0 Å². The highest BCUT2D eigenvalue weighted by molar-refractivity contribution is 5.76. The number of rotatable bonds is 11. The smallest absolute Gasteiger partial charge is 0.308 e. The number of hydrogen-bond acceptors (Lipinski definition) is 4. The summed E-state index contributed by atoms with van der Waals surface area (Å²) >= 11 is 0. The number of carbonyl (C=O) groups is 2. The first-order chi connectivity index (χ1) is 11.2. The summed E-state index contributed by atoms with van der Waals surface area (Å²) in [6.07, 6.45) is 11.1. The molecule has 0 radical (unpaired) electrons. The molecule has 0 amide bonds. The zero-order valence-electron chi connectivity index (χ0n) is 15.0. The van der Waals surface area contributed by atoms with Gasteiger partial charge in [-0.05, 0) is 32.1 Å². The molecule has 0 aliphatic heterocycles. The normalized spacial score (nSPS) is 21.0.